The first-order valence-electron chi connectivity index (χ1n) is 11.4. The fourth-order valence-corrected chi connectivity index (χ4v) is 4.13. The molecule has 3 heterocycles. The van der Waals surface area contributed by atoms with Crippen molar-refractivity contribution in [2.45, 2.75) is 64.8 Å². The van der Waals surface area contributed by atoms with Gasteiger partial charge < -0.3 is 19.1 Å². The zero-order valence-electron chi connectivity index (χ0n) is 20.7. The topological polar surface area (TPSA) is 74.3 Å². The number of fused-ring (bicyclic) bond motifs is 1. The van der Waals surface area contributed by atoms with Gasteiger partial charge in [0.25, 0.3) is 0 Å². The molecule has 3 aromatic heterocycles. The molecule has 33 heavy (non-hydrogen) atoms. The molecular formula is C25H36N4O3Si. The Bertz CT molecular complexity index is 1130. The Morgan fingerprint density at radius 1 is 1.15 bits per heavy atom. The minimum atomic E-state index is -1.11. The van der Waals surface area contributed by atoms with Gasteiger partial charge >= 0.3 is 0 Å². The number of methoxy groups -OCH3 is 1. The van der Waals surface area contributed by atoms with Crippen LogP contribution in [0.1, 0.15) is 26.0 Å². The number of aromatic nitrogens is 4. The third kappa shape index (κ3) is 7.54. The molecule has 0 amide bonds. The second kappa shape index (κ2) is 10.7. The van der Waals surface area contributed by atoms with Gasteiger partial charge in [0, 0.05) is 63.8 Å². The molecule has 0 bridgehead atoms. The summed E-state index contributed by atoms with van der Waals surface area (Å²) in [5.41, 5.74) is 2.69. The Morgan fingerprint density at radius 3 is 2.64 bits per heavy atom. The van der Waals surface area contributed by atoms with Crippen molar-refractivity contribution in [3.63, 3.8) is 0 Å². The van der Waals surface area contributed by atoms with Crippen LogP contribution in [-0.4, -0.2) is 58.4 Å². The first-order chi connectivity index (χ1) is 15.6. The van der Waals surface area contributed by atoms with E-state index in [-0.39, 0.29) is 0 Å². The minimum absolute atomic E-state index is 0.445. The summed E-state index contributed by atoms with van der Waals surface area (Å²) in [5, 5.41) is 15.5. The van der Waals surface area contributed by atoms with Crippen molar-refractivity contribution in [1.29, 1.82) is 0 Å². The summed E-state index contributed by atoms with van der Waals surface area (Å²) in [6, 6.07) is 3.12. The van der Waals surface area contributed by atoms with Gasteiger partial charge in [-0.1, -0.05) is 25.6 Å². The highest BCUT2D eigenvalue weighted by molar-refractivity contribution is 6.76. The summed E-state index contributed by atoms with van der Waals surface area (Å²) in [7, 11) is 0.609. The van der Waals surface area contributed by atoms with Crippen molar-refractivity contribution in [3.05, 3.63) is 36.5 Å². The van der Waals surface area contributed by atoms with Crippen molar-refractivity contribution in [1.82, 2.24) is 19.3 Å². The van der Waals surface area contributed by atoms with Gasteiger partial charge in [0.2, 0.25) is 0 Å². The molecular weight excluding hydrogens is 432 g/mol. The van der Waals surface area contributed by atoms with Crippen LogP contribution >= 0.6 is 0 Å². The molecule has 0 aliphatic heterocycles. The smallest absolute Gasteiger partial charge is 0.139 e. The summed E-state index contributed by atoms with van der Waals surface area (Å²) in [5.74, 6) is 5.83. The number of rotatable bonds is 10. The van der Waals surface area contributed by atoms with Crippen LogP contribution in [0.5, 0.6) is 0 Å². The van der Waals surface area contributed by atoms with E-state index in [1.165, 1.54) is 0 Å². The molecule has 0 radical (unpaired) electrons. The normalized spacial score (nSPS) is 12.2. The Balaban J connectivity index is 1.88. The lowest BCUT2D eigenvalue weighted by Crippen LogP contribution is -2.22. The lowest BCUT2D eigenvalue weighted by Gasteiger charge is -2.15. The quantitative estimate of drug-likeness (QED) is 0.272. The van der Waals surface area contributed by atoms with Gasteiger partial charge in [0.15, 0.2) is 0 Å². The fourth-order valence-electron chi connectivity index (χ4n) is 3.38. The minimum Gasteiger partial charge on any atom is -0.385 e. The average molecular weight is 469 g/mol. The number of aliphatic hydroxyl groups is 1. The number of aryl methyl sites for hydroxylation is 1. The summed E-state index contributed by atoms with van der Waals surface area (Å²) in [6.45, 7) is 13.1. The summed E-state index contributed by atoms with van der Waals surface area (Å²) in [6.07, 6.45) is 8.79. The molecule has 0 aliphatic rings. The molecule has 0 aliphatic carbocycles. The molecule has 0 fully saturated rings. The van der Waals surface area contributed by atoms with Crippen molar-refractivity contribution in [2.75, 3.05) is 20.3 Å². The van der Waals surface area contributed by atoms with Crippen molar-refractivity contribution in [3.8, 4) is 23.0 Å². The maximum Gasteiger partial charge on any atom is 0.139 e. The molecule has 0 saturated heterocycles. The number of nitrogens with zero attached hydrogens (tertiary/aromatic N) is 4. The van der Waals surface area contributed by atoms with Gasteiger partial charge in [0.1, 0.15) is 18.0 Å². The molecule has 0 aromatic carbocycles. The molecule has 1 N–H and O–H groups in total. The Morgan fingerprint density at radius 2 is 1.94 bits per heavy atom. The third-order valence-corrected chi connectivity index (χ3v) is 6.88. The molecule has 178 valence electrons. The van der Waals surface area contributed by atoms with Crippen molar-refractivity contribution >= 4 is 19.0 Å². The molecule has 7 nitrogen and oxygen atoms in total. The zero-order chi connectivity index (χ0) is 24.1. The third-order valence-electron chi connectivity index (χ3n) is 5.18. The Kier molecular flexibility index (Phi) is 8.13. The highest BCUT2D eigenvalue weighted by Crippen LogP contribution is 2.31. The van der Waals surface area contributed by atoms with E-state index in [1.54, 1.807) is 21.0 Å². The van der Waals surface area contributed by atoms with E-state index in [2.05, 4.69) is 52.3 Å². The second-order valence-electron chi connectivity index (χ2n) is 10.1. The van der Waals surface area contributed by atoms with Gasteiger partial charge in [-0.15, -0.1) is 0 Å². The highest BCUT2D eigenvalue weighted by Gasteiger charge is 2.15. The Hall–Kier alpha value is -2.44. The van der Waals surface area contributed by atoms with E-state index in [9.17, 15) is 5.11 Å². The van der Waals surface area contributed by atoms with Gasteiger partial charge in [-0.3, -0.25) is 0 Å². The van der Waals surface area contributed by atoms with Crippen LogP contribution in [0.4, 0.5) is 0 Å². The highest BCUT2D eigenvalue weighted by atomic mass is 28.3. The first-order valence-corrected chi connectivity index (χ1v) is 15.1. The molecule has 3 aromatic rings. The zero-order valence-corrected chi connectivity index (χ0v) is 21.7. The van der Waals surface area contributed by atoms with Crippen LogP contribution in [0.3, 0.4) is 0 Å². The van der Waals surface area contributed by atoms with Crippen LogP contribution in [-0.2, 0) is 22.7 Å². The predicted octanol–water partition coefficient (Wildman–Crippen LogP) is 4.37. The molecule has 0 spiro atoms. The van der Waals surface area contributed by atoms with Gasteiger partial charge in [0.05, 0.1) is 17.9 Å². The summed E-state index contributed by atoms with van der Waals surface area (Å²) < 4.78 is 15.1. The van der Waals surface area contributed by atoms with E-state index in [0.717, 1.165) is 47.6 Å². The SMILES string of the molecule is COCCCn1cc(-c2cnn(COCC[Si](C)(C)C)c2)c2cc(C#CC(C)(C)O)ncc21. The van der Waals surface area contributed by atoms with Gasteiger partial charge in [-0.2, -0.15) is 5.10 Å². The number of pyridine rings is 1. The average Bonchev–Trinajstić information content (AvgIpc) is 3.33. The van der Waals surface area contributed by atoms with Crippen LogP contribution in [0, 0.1) is 11.8 Å². The van der Waals surface area contributed by atoms with Crippen LogP contribution in [0.2, 0.25) is 25.7 Å². The predicted molar refractivity (Wildman–Crippen MR) is 135 cm³/mol. The molecule has 8 heteroatoms. The van der Waals surface area contributed by atoms with Crippen LogP contribution in [0.25, 0.3) is 22.0 Å². The Labute approximate surface area is 197 Å². The first kappa shape index (κ1) is 25.2. The van der Waals surface area contributed by atoms with E-state index in [4.69, 9.17) is 9.47 Å². The molecule has 0 unspecified atom stereocenters. The van der Waals surface area contributed by atoms with E-state index in [1.807, 2.05) is 29.3 Å². The van der Waals surface area contributed by atoms with Gasteiger partial charge in [-0.05, 0) is 38.3 Å². The van der Waals surface area contributed by atoms with Crippen LogP contribution in [0.15, 0.2) is 30.9 Å². The number of hydrogen-bond donors (Lipinski definition) is 1. The maximum atomic E-state index is 9.95. The number of ether oxygens (including phenoxy) is 2. The monoisotopic (exact) mass is 468 g/mol. The molecule has 3 rings (SSSR count). The second-order valence-corrected chi connectivity index (χ2v) is 15.7. The van der Waals surface area contributed by atoms with Crippen molar-refractivity contribution in [2.24, 2.45) is 0 Å². The lowest BCUT2D eigenvalue weighted by atomic mass is 10.1. The largest absolute Gasteiger partial charge is 0.385 e. The van der Waals surface area contributed by atoms with E-state index < -0.39 is 13.7 Å². The van der Waals surface area contributed by atoms with Crippen LogP contribution < -0.4 is 0 Å². The summed E-state index contributed by atoms with van der Waals surface area (Å²) >= 11 is 0. The number of hydrogen-bond acceptors (Lipinski definition) is 5. The lowest BCUT2D eigenvalue weighted by molar-refractivity contribution is 0.0786. The maximum absolute atomic E-state index is 9.95. The van der Waals surface area contributed by atoms with E-state index >= 15 is 0 Å². The molecule has 0 saturated carbocycles. The fraction of sp³-hybridized carbons (Fsp3) is 0.520. The van der Waals surface area contributed by atoms with Gasteiger partial charge in [-0.25, -0.2) is 9.67 Å². The van der Waals surface area contributed by atoms with E-state index in [0.29, 0.717) is 19.0 Å². The standard InChI is InChI=1S/C25H36N4O3Si/c1-25(2,30)9-8-21-14-22-23(18-28(10-7-11-31-3)24(22)16-26-21)20-15-27-29(17-20)19-32-12-13-33(4,5)6/h14-18,30H,7,10-13,19H2,1-6H3. The summed E-state index contributed by atoms with van der Waals surface area (Å²) in [4.78, 5) is 4.51. The molecule has 0 atom stereocenters. The van der Waals surface area contributed by atoms with Crippen molar-refractivity contribution < 1.29 is 14.6 Å².